The first-order valence-electron chi connectivity index (χ1n) is 11.2. The Morgan fingerprint density at radius 2 is 1.64 bits per heavy atom. The van der Waals surface area contributed by atoms with E-state index in [1.54, 1.807) is 67.8 Å². The summed E-state index contributed by atoms with van der Waals surface area (Å²) in [5, 5.41) is 5.49. The molecule has 3 aromatic rings. The molecule has 10 heteroatoms. The van der Waals surface area contributed by atoms with Crippen molar-refractivity contribution in [1.82, 2.24) is 5.32 Å². The second-order valence-corrected chi connectivity index (χ2v) is 10.8. The third-order valence-electron chi connectivity index (χ3n) is 5.27. The van der Waals surface area contributed by atoms with Gasteiger partial charge in [-0.15, -0.1) is 0 Å². The molecule has 3 rings (SSSR count). The number of carbonyl (C=O) groups is 2. The predicted molar refractivity (Wildman–Crippen MR) is 144 cm³/mol. The van der Waals surface area contributed by atoms with Gasteiger partial charge in [-0.1, -0.05) is 45.8 Å². The van der Waals surface area contributed by atoms with Crippen molar-refractivity contribution in [3.05, 3.63) is 88.4 Å². The third kappa shape index (κ3) is 7.16. The number of benzene rings is 3. The summed E-state index contributed by atoms with van der Waals surface area (Å²) < 4.78 is 33.9. The molecule has 0 radical (unpaired) electrons. The maximum Gasteiger partial charge on any atom is 0.264 e. The number of aryl methyl sites for hydroxylation is 1. The van der Waals surface area contributed by atoms with Crippen molar-refractivity contribution >= 4 is 49.1 Å². The first kappa shape index (κ1) is 27.4. The number of ether oxygens (including phenoxy) is 1. The number of anilines is 2. The van der Waals surface area contributed by atoms with Crippen LogP contribution in [0.4, 0.5) is 11.4 Å². The van der Waals surface area contributed by atoms with Gasteiger partial charge in [0.05, 0.1) is 21.8 Å². The van der Waals surface area contributed by atoms with Gasteiger partial charge < -0.3 is 15.4 Å². The van der Waals surface area contributed by atoms with Gasteiger partial charge in [0.2, 0.25) is 5.91 Å². The second kappa shape index (κ2) is 12.7. The molecular weight excluding hydrogens is 546 g/mol. The van der Waals surface area contributed by atoms with E-state index in [9.17, 15) is 18.0 Å². The van der Waals surface area contributed by atoms with Crippen molar-refractivity contribution < 1.29 is 22.7 Å². The van der Waals surface area contributed by atoms with Gasteiger partial charge >= 0.3 is 0 Å². The molecule has 0 saturated carbocycles. The molecule has 0 heterocycles. The number of methoxy groups -OCH3 is 1. The molecule has 0 aliphatic rings. The molecule has 2 N–H and O–H groups in total. The fraction of sp³-hybridized carbons (Fsp3) is 0.231. The minimum absolute atomic E-state index is 0.0691. The quantitative estimate of drug-likeness (QED) is 0.332. The van der Waals surface area contributed by atoms with Crippen LogP contribution in [0.1, 0.15) is 22.3 Å². The van der Waals surface area contributed by atoms with Gasteiger partial charge in [-0.05, 0) is 61.9 Å². The molecule has 0 unspecified atom stereocenters. The Balaban J connectivity index is 1.84. The Morgan fingerprint density at radius 1 is 0.972 bits per heavy atom. The van der Waals surface area contributed by atoms with Gasteiger partial charge in [0.15, 0.2) is 0 Å². The first-order valence-corrected chi connectivity index (χ1v) is 13.5. The van der Waals surface area contributed by atoms with Crippen LogP contribution in [0.15, 0.2) is 82.2 Å². The van der Waals surface area contributed by atoms with Crippen LogP contribution in [0.2, 0.25) is 0 Å². The number of nitrogens with one attached hydrogen (secondary N) is 2. The number of para-hydroxylation sites is 1. The first-order chi connectivity index (χ1) is 17.2. The van der Waals surface area contributed by atoms with E-state index in [1.165, 1.54) is 12.1 Å². The number of nitrogens with zero attached hydrogens (tertiary/aromatic N) is 1. The number of halogens is 1. The standard InChI is InChI=1S/C26H28BrN3O5S/c1-19-8-14-22(15-9-19)36(33,34)30(21-12-10-20(27)11-13-21)18-25(31)29-24-7-4-3-6-23(24)26(32)28-16-5-17-35-2/h3-4,6-15H,5,16-18H2,1-2H3,(H,28,32)(H,29,31). The summed E-state index contributed by atoms with van der Waals surface area (Å²) in [7, 11) is -2.46. The minimum atomic E-state index is -4.05. The van der Waals surface area contributed by atoms with Crippen LogP contribution in [0.25, 0.3) is 0 Å². The SMILES string of the molecule is COCCCNC(=O)c1ccccc1NC(=O)CN(c1ccc(Br)cc1)S(=O)(=O)c1ccc(C)cc1. The molecule has 0 fully saturated rings. The van der Waals surface area contributed by atoms with Crippen molar-refractivity contribution in [2.24, 2.45) is 0 Å². The Kier molecular flexibility index (Phi) is 9.63. The van der Waals surface area contributed by atoms with E-state index in [4.69, 9.17) is 4.74 Å². The normalized spacial score (nSPS) is 11.1. The number of sulfonamides is 1. The topological polar surface area (TPSA) is 105 Å². The molecule has 36 heavy (non-hydrogen) atoms. The molecule has 0 atom stereocenters. The fourth-order valence-corrected chi connectivity index (χ4v) is 5.07. The highest BCUT2D eigenvalue weighted by Crippen LogP contribution is 2.26. The zero-order chi connectivity index (χ0) is 26.1. The number of hydrogen-bond acceptors (Lipinski definition) is 5. The molecule has 0 aromatic heterocycles. The average molecular weight is 574 g/mol. The van der Waals surface area contributed by atoms with Gasteiger partial charge in [-0.2, -0.15) is 0 Å². The van der Waals surface area contributed by atoms with Crippen molar-refractivity contribution in [2.45, 2.75) is 18.2 Å². The molecule has 0 bridgehead atoms. The highest BCUT2D eigenvalue weighted by Gasteiger charge is 2.27. The third-order valence-corrected chi connectivity index (χ3v) is 7.58. The van der Waals surface area contributed by atoms with Gasteiger partial charge in [0.1, 0.15) is 6.54 Å². The molecule has 3 aromatic carbocycles. The van der Waals surface area contributed by atoms with Crippen LogP contribution in [0.3, 0.4) is 0 Å². The van der Waals surface area contributed by atoms with E-state index in [-0.39, 0.29) is 22.1 Å². The van der Waals surface area contributed by atoms with E-state index < -0.39 is 22.5 Å². The fourth-order valence-electron chi connectivity index (χ4n) is 3.38. The zero-order valence-electron chi connectivity index (χ0n) is 20.0. The lowest BCUT2D eigenvalue weighted by molar-refractivity contribution is -0.114. The number of carbonyl (C=O) groups excluding carboxylic acids is 2. The van der Waals surface area contributed by atoms with Crippen LogP contribution in [-0.2, 0) is 19.6 Å². The minimum Gasteiger partial charge on any atom is -0.385 e. The molecule has 0 saturated heterocycles. The summed E-state index contributed by atoms with van der Waals surface area (Å²) in [5.74, 6) is -0.938. The van der Waals surface area contributed by atoms with Crippen LogP contribution >= 0.6 is 15.9 Å². The molecule has 8 nitrogen and oxygen atoms in total. The van der Waals surface area contributed by atoms with Crippen LogP contribution in [0, 0.1) is 6.92 Å². The molecular formula is C26H28BrN3O5S. The Hall–Kier alpha value is -3.21. The van der Waals surface area contributed by atoms with Gasteiger partial charge in [0.25, 0.3) is 15.9 Å². The number of hydrogen-bond donors (Lipinski definition) is 2. The lowest BCUT2D eigenvalue weighted by Gasteiger charge is -2.24. The lowest BCUT2D eigenvalue weighted by atomic mass is 10.1. The highest BCUT2D eigenvalue weighted by atomic mass is 79.9. The van der Waals surface area contributed by atoms with Gasteiger partial charge in [-0.25, -0.2) is 8.42 Å². The van der Waals surface area contributed by atoms with Gasteiger partial charge in [0, 0.05) is 24.7 Å². The van der Waals surface area contributed by atoms with E-state index in [1.807, 2.05) is 6.92 Å². The maximum atomic E-state index is 13.5. The van der Waals surface area contributed by atoms with E-state index in [0.717, 1.165) is 14.3 Å². The smallest absolute Gasteiger partial charge is 0.264 e. The highest BCUT2D eigenvalue weighted by molar-refractivity contribution is 9.10. The van der Waals surface area contributed by atoms with E-state index in [2.05, 4.69) is 26.6 Å². The summed E-state index contributed by atoms with van der Waals surface area (Å²) in [4.78, 5) is 25.8. The second-order valence-electron chi connectivity index (χ2n) is 8.00. The summed E-state index contributed by atoms with van der Waals surface area (Å²) in [6, 6.07) is 19.6. The predicted octanol–water partition coefficient (Wildman–Crippen LogP) is 4.36. The van der Waals surface area contributed by atoms with E-state index >= 15 is 0 Å². The maximum absolute atomic E-state index is 13.5. The van der Waals surface area contributed by atoms with Crippen molar-refractivity contribution in [3.8, 4) is 0 Å². The Morgan fingerprint density at radius 3 is 2.31 bits per heavy atom. The monoisotopic (exact) mass is 573 g/mol. The van der Waals surface area contributed by atoms with Crippen molar-refractivity contribution in [3.63, 3.8) is 0 Å². The van der Waals surface area contributed by atoms with Gasteiger partial charge in [-0.3, -0.25) is 13.9 Å². The summed E-state index contributed by atoms with van der Waals surface area (Å²) in [6.07, 6.45) is 0.649. The number of rotatable bonds is 11. The number of amides is 2. The zero-order valence-corrected chi connectivity index (χ0v) is 22.4. The van der Waals surface area contributed by atoms with Crippen LogP contribution in [-0.4, -0.2) is 47.0 Å². The summed E-state index contributed by atoms with van der Waals surface area (Å²) in [6.45, 7) is 2.31. The average Bonchev–Trinajstić information content (AvgIpc) is 2.86. The largest absolute Gasteiger partial charge is 0.385 e. The summed E-state index contributed by atoms with van der Waals surface area (Å²) >= 11 is 3.35. The summed E-state index contributed by atoms with van der Waals surface area (Å²) in [5.41, 5.74) is 1.81. The molecule has 190 valence electrons. The van der Waals surface area contributed by atoms with E-state index in [0.29, 0.717) is 25.3 Å². The molecule has 0 spiro atoms. The molecule has 0 aliphatic heterocycles. The van der Waals surface area contributed by atoms with Crippen LogP contribution < -0.4 is 14.9 Å². The van der Waals surface area contributed by atoms with Crippen molar-refractivity contribution in [2.75, 3.05) is 36.4 Å². The Labute approximate surface area is 219 Å². The molecule has 2 amide bonds. The van der Waals surface area contributed by atoms with Crippen molar-refractivity contribution in [1.29, 1.82) is 0 Å². The molecule has 0 aliphatic carbocycles. The van der Waals surface area contributed by atoms with Crippen LogP contribution in [0.5, 0.6) is 0 Å². The Bertz CT molecular complexity index is 1300. The lowest BCUT2D eigenvalue weighted by Crippen LogP contribution is -2.38.